The predicted molar refractivity (Wildman–Crippen MR) is 297 cm³/mol. The molecule has 0 saturated carbocycles. The Labute approximate surface area is 452 Å². The number of carbonyl (C=O) groups is 6. The number of rotatable bonds is 15. The van der Waals surface area contributed by atoms with E-state index in [9.17, 15) is 28.8 Å². The Balaban J connectivity index is 1.93. The number of ether oxygens (including phenoxy) is 6. The largest absolute Gasteiger partial charge is 0.460 e. The van der Waals surface area contributed by atoms with Gasteiger partial charge in [0, 0.05) is 30.9 Å². The molecule has 422 valence electrons. The minimum Gasteiger partial charge on any atom is -0.460 e. The van der Waals surface area contributed by atoms with Crippen LogP contribution in [0.5, 0.6) is 0 Å². The monoisotopic (exact) mass is 1060 g/mol. The number of carbonyl (C=O) groups excluding carboxylic acids is 6. The minimum atomic E-state index is -1.04. The number of unbranched alkanes of at least 4 members (excludes halogenated alkanes) is 6. The first-order chi connectivity index (χ1) is 34.9. The third-order valence-electron chi connectivity index (χ3n) is 10.2. The number of guanidine groups is 1. The Morgan fingerprint density at radius 2 is 0.947 bits per heavy atom. The molecule has 5 amide bonds. The quantitative estimate of drug-likeness (QED) is 0.0537. The van der Waals surface area contributed by atoms with Crippen molar-refractivity contribution < 1.29 is 57.2 Å². The molecule has 0 aliphatic carbocycles. The van der Waals surface area contributed by atoms with Crippen molar-refractivity contribution in [3.8, 4) is 11.1 Å². The van der Waals surface area contributed by atoms with Crippen LogP contribution in [0.25, 0.3) is 11.1 Å². The van der Waals surface area contributed by atoms with E-state index in [1.54, 1.807) is 133 Å². The van der Waals surface area contributed by atoms with Crippen LogP contribution in [0.15, 0.2) is 63.5 Å². The highest BCUT2D eigenvalue weighted by molar-refractivity contribution is 6.19. The Bertz CT molecular complexity index is 2390. The molecule has 0 atom stereocenters. The Hall–Kier alpha value is -6.33. The number of esters is 1. The summed E-state index contributed by atoms with van der Waals surface area (Å²) in [6.45, 7) is 32.4. The van der Waals surface area contributed by atoms with Crippen LogP contribution in [0.3, 0.4) is 0 Å². The summed E-state index contributed by atoms with van der Waals surface area (Å²) in [6.07, 6.45) is 2.07. The molecular formula is C58H88N6O12. The van der Waals surface area contributed by atoms with E-state index < -0.39 is 70.0 Å². The molecule has 0 fully saturated rings. The number of nitrogens with zero attached hydrogens (tertiary/aromatic N) is 6. The molecule has 0 spiro atoms. The zero-order valence-corrected chi connectivity index (χ0v) is 48.9. The number of hydrogen-bond donors (Lipinski definition) is 0. The number of amides is 5. The molecule has 2 aromatic rings. The van der Waals surface area contributed by atoms with Crippen LogP contribution in [0.2, 0.25) is 0 Å². The third kappa shape index (κ3) is 24.6. The van der Waals surface area contributed by atoms with Crippen molar-refractivity contribution >= 4 is 59.6 Å². The van der Waals surface area contributed by atoms with Crippen LogP contribution in [-0.2, 0) is 33.2 Å². The van der Waals surface area contributed by atoms with Gasteiger partial charge in [0.25, 0.3) is 0 Å². The van der Waals surface area contributed by atoms with Gasteiger partial charge in [-0.05, 0) is 174 Å². The average molecular weight is 1060 g/mol. The van der Waals surface area contributed by atoms with E-state index in [0.29, 0.717) is 50.3 Å². The lowest BCUT2D eigenvalue weighted by atomic mass is 10.0. The van der Waals surface area contributed by atoms with Crippen LogP contribution >= 0.6 is 0 Å². The van der Waals surface area contributed by atoms with Gasteiger partial charge in [-0.3, -0.25) is 14.7 Å². The standard InChI is InChI=1S/C58H88N6O12/c1-53(2,3)71-45(65)39-43(60-48(66)72-54(4,5)6)27-24-22-20-19-21-23-25-37-63(51(69)75-57(13,14)15)47(61-49(67)73-55(7,8)9)64(52(70)76-58(16,17)18)44-34-32-41(33-35-44)40-28-30-42(31-29-40)46-59-36-26-38-62(46)50(68)74-56(10,11)12/h28-35H,19-27,36-39H2,1-18H3. The van der Waals surface area contributed by atoms with Crippen molar-refractivity contribution in [2.24, 2.45) is 15.0 Å². The van der Waals surface area contributed by atoms with Gasteiger partial charge >= 0.3 is 36.4 Å². The summed E-state index contributed by atoms with van der Waals surface area (Å²) < 4.78 is 34.0. The molecule has 18 nitrogen and oxygen atoms in total. The third-order valence-corrected chi connectivity index (χ3v) is 10.2. The number of amidine groups is 1. The molecule has 0 unspecified atom stereocenters. The van der Waals surface area contributed by atoms with Crippen molar-refractivity contribution in [3.63, 3.8) is 0 Å². The first-order valence-corrected chi connectivity index (χ1v) is 26.5. The van der Waals surface area contributed by atoms with Gasteiger partial charge in [0.1, 0.15) is 39.4 Å². The van der Waals surface area contributed by atoms with Crippen LogP contribution in [0.1, 0.15) is 194 Å². The fourth-order valence-corrected chi connectivity index (χ4v) is 7.38. The van der Waals surface area contributed by atoms with Crippen molar-refractivity contribution in [1.29, 1.82) is 0 Å². The highest BCUT2D eigenvalue weighted by atomic mass is 16.6. The molecular weight excluding hydrogens is 973 g/mol. The second kappa shape index (κ2) is 27.1. The lowest BCUT2D eigenvalue weighted by Gasteiger charge is -2.34. The molecule has 0 saturated heterocycles. The van der Waals surface area contributed by atoms with Gasteiger partial charge < -0.3 is 28.4 Å². The summed E-state index contributed by atoms with van der Waals surface area (Å²) in [7, 11) is 0. The maximum Gasteiger partial charge on any atom is 0.437 e. The van der Waals surface area contributed by atoms with Crippen molar-refractivity contribution in [1.82, 2.24) is 9.80 Å². The van der Waals surface area contributed by atoms with E-state index in [0.717, 1.165) is 53.7 Å². The van der Waals surface area contributed by atoms with E-state index in [1.807, 2.05) is 45.0 Å². The Morgan fingerprint density at radius 1 is 0.513 bits per heavy atom. The number of anilines is 1. The summed E-state index contributed by atoms with van der Waals surface area (Å²) in [4.78, 5) is 97.9. The lowest BCUT2D eigenvalue weighted by molar-refractivity contribution is -0.153. The summed E-state index contributed by atoms with van der Waals surface area (Å²) in [6, 6.07) is 14.5. The molecule has 0 N–H and O–H groups in total. The Morgan fingerprint density at radius 3 is 1.45 bits per heavy atom. The molecule has 1 aliphatic rings. The summed E-state index contributed by atoms with van der Waals surface area (Å²) in [5, 5.41) is 0. The lowest BCUT2D eigenvalue weighted by Crippen LogP contribution is -2.53. The highest BCUT2D eigenvalue weighted by Gasteiger charge is 2.37. The van der Waals surface area contributed by atoms with Crippen LogP contribution in [-0.4, -0.2) is 117 Å². The molecule has 18 heteroatoms. The van der Waals surface area contributed by atoms with Crippen molar-refractivity contribution in [3.05, 3.63) is 54.1 Å². The molecule has 2 aromatic carbocycles. The predicted octanol–water partition coefficient (Wildman–Crippen LogP) is 14.2. The molecule has 0 radical (unpaired) electrons. The topological polar surface area (TPSA) is 205 Å². The molecule has 76 heavy (non-hydrogen) atoms. The van der Waals surface area contributed by atoms with Crippen LogP contribution < -0.4 is 4.90 Å². The van der Waals surface area contributed by atoms with Crippen molar-refractivity contribution in [2.45, 2.75) is 222 Å². The zero-order chi connectivity index (χ0) is 57.5. The van der Waals surface area contributed by atoms with E-state index in [-0.39, 0.29) is 24.6 Å². The van der Waals surface area contributed by atoms with Gasteiger partial charge in [0.15, 0.2) is 0 Å². The normalized spacial score (nSPS) is 14.0. The number of aliphatic imine (C=N–C) groups is 3. The first-order valence-electron chi connectivity index (χ1n) is 26.5. The molecule has 0 aromatic heterocycles. The molecule has 3 rings (SSSR count). The second-order valence-electron chi connectivity index (χ2n) is 24.8. The summed E-state index contributed by atoms with van der Waals surface area (Å²) >= 11 is 0. The second-order valence-corrected chi connectivity index (χ2v) is 24.8. The Kier molecular flexibility index (Phi) is 22.8. The maximum absolute atomic E-state index is 14.5. The van der Waals surface area contributed by atoms with Gasteiger partial charge in [-0.1, -0.05) is 68.5 Å². The van der Waals surface area contributed by atoms with E-state index in [1.165, 1.54) is 4.90 Å². The van der Waals surface area contributed by atoms with Crippen LogP contribution in [0.4, 0.5) is 29.7 Å². The molecule has 0 bridgehead atoms. The van der Waals surface area contributed by atoms with Gasteiger partial charge in [0.2, 0.25) is 5.96 Å². The fraction of sp³-hybridized carbons (Fsp3) is 0.638. The molecule has 1 aliphatic heterocycles. The highest BCUT2D eigenvalue weighted by Crippen LogP contribution is 2.29. The van der Waals surface area contributed by atoms with Crippen molar-refractivity contribution in [2.75, 3.05) is 24.5 Å². The van der Waals surface area contributed by atoms with E-state index in [2.05, 4.69) is 15.0 Å². The fourth-order valence-electron chi connectivity index (χ4n) is 7.38. The summed E-state index contributed by atoms with van der Waals surface area (Å²) in [5.74, 6) is -0.305. The SMILES string of the molecule is CC(C)(C)OC(=O)CC(CCCCCCCCCN(C(=O)OC(C)(C)C)C(=NC(=O)OC(C)(C)C)N(C(=O)OC(C)(C)C)c1ccc(-c2ccc(C3=NCCCN3C(=O)OC(C)(C)C)cc2)cc1)=NC(=O)OC(C)(C)C. The summed E-state index contributed by atoms with van der Waals surface area (Å²) in [5.41, 5.74) is -2.05. The molecule has 1 heterocycles. The zero-order valence-electron chi connectivity index (χ0n) is 48.9. The van der Waals surface area contributed by atoms with Gasteiger partial charge in [0.05, 0.1) is 12.1 Å². The van der Waals surface area contributed by atoms with Crippen LogP contribution in [0, 0.1) is 0 Å². The van der Waals surface area contributed by atoms with Gasteiger partial charge in [-0.2, -0.15) is 4.99 Å². The maximum atomic E-state index is 14.5. The smallest absolute Gasteiger partial charge is 0.437 e. The van der Waals surface area contributed by atoms with E-state index >= 15 is 0 Å². The number of hydrogen-bond acceptors (Lipinski definition) is 13. The van der Waals surface area contributed by atoms with Gasteiger partial charge in [-0.25, -0.2) is 33.8 Å². The van der Waals surface area contributed by atoms with E-state index in [4.69, 9.17) is 28.4 Å². The van der Waals surface area contributed by atoms with Gasteiger partial charge in [-0.15, -0.1) is 4.99 Å². The first kappa shape index (κ1) is 64.0. The number of benzene rings is 2. The minimum absolute atomic E-state index is 0.00603. The average Bonchev–Trinajstić information content (AvgIpc) is 3.23.